The molecule has 0 radical (unpaired) electrons. The lowest BCUT2D eigenvalue weighted by molar-refractivity contribution is 0.420. The first-order valence-electron chi connectivity index (χ1n) is 5.91. The standard InChI is InChI=1S/C14H13BrN2/c15-14-8-13(16-9-17-14)12-7-2-1-6-11(12)10-4-3-5-10/h1-2,6-10H,3-5H2. The van der Waals surface area contributed by atoms with Crippen molar-refractivity contribution in [2.75, 3.05) is 0 Å². The Morgan fingerprint density at radius 1 is 1.12 bits per heavy atom. The van der Waals surface area contributed by atoms with Gasteiger partial charge in [-0.2, -0.15) is 0 Å². The van der Waals surface area contributed by atoms with Gasteiger partial charge in [-0.3, -0.25) is 0 Å². The molecule has 0 amide bonds. The fourth-order valence-electron chi connectivity index (χ4n) is 2.29. The molecule has 1 aromatic carbocycles. The van der Waals surface area contributed by atoms with Gasteiger partial charge in [0, 0.05) is 5.56 Å². The van der Waals surface area contributed by atoms with Gasteiger partial charge in [-0.1, -0.05) is 30.7 Å². The maximum atomic E-state index is 4.37. The van der Waals surface area contributed by atoms with Crippen LogP contribution in [0.2, 0.25) is 0 Å². The van der Waals surface area contributed by atoms with E-state index in [4.69, 9.17) is 0 Å². The second-order valence-corrected chi connectivity index (χ2v) is 5.25. The van der Waals surface area contributed by atoms with Crippen LogP contribution in [0.3, 0.4) is 0 Å². The third kappa shape index (κ3) is 2.12. The fourth-order valence-corrected chi connectivity index (χ4v) is 2.59. The van der Waals surface area contributed by atoms with Gasteiger partial charge >= 0.3 is 0 Å². The topological polar surface area (TPSA) is 25.8 Å². The van der Waals surface area contributed by atoms with Gasteiger partial charge in [0.2, 0.25) is 0 Å². The SMILES string of the molecule is Brc1cc(-c2ccccc2C2CCC2)ncn1. The van der Waals surface area contributed by atoms with Crippen LogP contribution in [-0.2, 0) is 0 Å². The van der Waals surface area contributed by atoms with Crippen LogP contribution < -0.4 is 0 Å². The third-order valence-electron chi connectivity index (χ3n) is 3.42. The zero-order valence-corrected chi connectivity index (χ0v) is 11.0. The summed E-state index contributed by atoms with van der Waals surface area (Å²) in [5, 5.41) is 0. The molecule has 2 nitrogen and oxygen atoms in total. The van der Waals surface area contributed by atoms with Crippen LogP contribution in [0.15, 0.2) is 41.3 Å². The highest BCUT2D eigenvalue weighted by atomic mass is 79.9. The Labute approximate surface area is 109 Å². The monoisotopic (exact) mass is 288 g/mol. The number of benzene rings is 1. The number of hydrogen-bond donors (Lipinski definition) is 0. The van der Waals surface area contributed by atoms with E-state index in [9.17, 15) is 0 Å². The molecule has 86 valence electrons. The van der Waals surface area contributed by atoms with Crippen LogP contribution in [-0.4, -0.2) is 9.97 Å². The Morgan fingerprint density at radius 3 is 2.65 bits per heavy atom. The van der Waals surface area contributed by atoms with E-state index in [1.54, 1.807) is 6.33 Å². The van der Waals surface area contributed by atoms with Gasteiger partial charge in [-0.15, -0.1) is 0 Å². The predicted molar refractivity (Wildman–Crippen MR) is 71.8 cm³/mol. The van der Waals surface area contributed by atoms with Gasteiger partial charge in [-0.05, 0) is 46.3 Å². The van der Waals surface area contributed by atoms with E-state index in [0.29, 0.717) is 0 Å². The average Bonchev–Trinajstić information content (AvgIpc) is 2.27. The Kier molecular flexibility index (Phi) is 2.93. The largest absolute Gasteiger partial charge is 0.236 e. The molecule has 0 aliphatic heterocycles. The molecule has 0 saturated heterocycles. The number of nitrogens with zero attached hydrogens (tertiary/aromatic N) is 2. The molecule has 1 heterocycles. The highest BCUT2D eigenvalue weighted by molar-refractivity contribution is 9.10. The number of aromatic nitrogens is 2. The minimum Gasteiger partial charge on any atom is -0.236 e. The van der Waals surface area contributed by atoms with Gasteiger partial charge in [0.25, 0.3) is 0 Å². The smallest absolute Gasteiger partial charge is 0.117 e. The number of rotatable bonds is 2. The van der Waals surface area contributed by atoms with Crippen molar-refractivity contribution in [3.05, 3.63) is 46.8 Å². The van der Waals surface area contributed by atoms with Gasteiger partial charge in [0.05, 0.1) is 5.69 Å². The summed E-state index contributed by atoms with van der Waals surface area (Å²) >= 11 is 3.40. The van der Waals surface area contributed by atoms with Crippen molar-refractivity contribution in [2.45, 2.75) is 25.2 Å². The first kappa shape index (κ1) is 10.9. The summed E-state index contributed by atoms with van der Waals surface area (Å²) in [7, 11) is 0. The maximum absolute atomic E-state index is 4.37. The third-order valence-corrected chi connectivity index (χ3v) is 3.85. The quantitative estimate of drug-likeness (QED) is 0.775. The van der Waals surface area contributed by atoms with Crippen LogP contribution in [0.25, 0.3) is 11.3 Å². The average molecular weight is 289 g/mol. The molecule has 0 unspecified atom stereocenters. The summed E-state index contributed by atoms with van der Waals surface area (Å²) in [5.41, 5.74) is 3.69. The van der Waals surface area contributed by atoms with Crippen molar-refractivity contribution < 1.29 is 0 Å². The summed E-state index contributed by atoms with van der Waals surface area (Å²) in [5.74, 6) is 0.722. The van der Waals surface area contributed by atoms with Crippen LogP contribution in [0.4, 0.5) is 0 Å². The molecule has 1 fully saturated rings. The number of hydrogen-bond acceptors (Lipinski definition) is 2. The molecule has 17 heavy (non-hydrogen) atoms. The first-order valence-corrected chi connectivity index (χ1v) is 6.71. The molecule has 2 aromatic rings. The second-order valence-electron chi connectivity index (χ2n) is 4.44. The predicted octanol–water partition coefficient (Wildman–Crippen LogP) is 4.17. The molecule has 0 bridgehead atoms. The summed E-state index contributed by atoms with van der Waals surface area (Å²) in [6.07, 6.45) is 5.58. The Hall–Kier alpha value is -1.22. The summed E-state index contributed by atoms with van der Waals surface area (Å²) in [4.78, 5) is 8.45. The van der Waals surface area contributed by atoms with Gasteiger partial charge in [-0.25, -0.2) is 9.97 Å². The maximum Gasteiger partial charge on any atom is 0.117 e. The van der Waals surface area contributed by atoms with Crippen molar-refractivity contribution in [3.8, 4) is 11.3 Å². The Bertz CT molecular complexity index is 535. The molecule has 1 saturated carbocycles. The zero-order valence-electron chi connectivity index (χ0n) is 9.44. The number of halogens is 1. The van der Waals surface area contributed by atoms with E-state index in [-0.39, 0.29) is 0 Å². The lowest BCUT2D eigenvalue weighted by atomic mass is 9.78. The second kappa shape index (κ2) is 4.57. The molecule has 3 rings (SSSR count). The van der Waals surface area contributed by atoms with E-state index < -0.39 is 0 Å². The Morgan fingerprint density at radius 2 is 1.94 bits per heavy atom. The van der Waals surface area contributed by atoms with Crippen molar-refractivity contribution >= 4 is 15.9 Å². The highest BCUT2D eigenvalue weighted by Crippen LogP contribution is 2.40. The van der Waals surface area contributed by atoms with Crippen molar-refractivity contribution in [2.24, 2.45) is 0 Å². The molecule has 1 aromatic heterocycles. The molecule has 1 aliphatic rings. The summed E-state index contributed by atoms with van der Waals surface area (Å²) in [6.45, 7) is 0. The van der Waals surface area contributed by atoms with E-state index in [1.165, 1.54) is 30.4 Å². The molecule has 3 heteroatoms. The van der Waals surface area contributed by atoms with Gasteiger partial charge in [0.1, 0.15) is 10.9 Å². The summed E-state index contributed by atoms with van der Waals surface area (Å²) in [6, 6.07) is 10.6. The lowest BCUT2D eigenvalue weighted by Gasteiger charge is -2.27. The normalized spacial score (nSPS) is 15.6. The van der Waals surface area contributed by atoms with E-state index in [0.717, 1.165) is 16.2 Å². The minimum absolute atomic E-state index is 0.722. The van der Waals surface area contributed by atoms with Crippen LogP contribution in [0.5, 0.6) is 0 Å². The van der Waals surface area contributed by atoms with Crippen LogP contribution >= 0.6 is 15.9 Å². The van der Waals surface area contributed by atoms with Crippen molar-refractivity contribution in [3.63, 3.8) is 0 Å². The zero-order chi connectivity index (χ0) is 11.7. The fraction of sp³-hybridized carbons (Fsp3) is 0.286. The van der Waals surface area contributed by atoms with Gasteiger partial charge < -0.3 is 0 Å². The molecular weight excluding hydrogens is 276 g/mol. The lowest BCUT2D eigenvalue weighted by Crippen LogP contribution is -2.10. The van der Waals surface area contributed by atoms with Gasteiger partial charge in [0.15, 0.2) is 0 Å². The molecular formula is C14H13BrN2. The Balaban J connectivity index is 2.07. The molecule has 0 spiro atoms. The minimum atomic E-state index is 0.722. The van der Waals surface area contributed by atoms with E-state index in [2.05, 4.69) is 50.2 Å². The highest BCUT2D eigenvalue weighted by Gasteiger charge is 2.22. The molecule has 1 aliphatic carbocycles. The van der Waals surface area contributed by atoms with E-state index >= 15 is 0 Å². The van der Waals surface area contributed by atoms with Crippen LogP contribution in [0.1, 0.15) is 30.7 Å². The molecule has 0 atom stereocenters. The van der Waals surface area contributed by atoms with Crippen molar-refractivity contribution in [1.82, 2.24) is 9.97 Å². The van der Waals surface area contributed by atoms with E-state index in [1.807, 2.05) is 6.07 Å². The first-order chi connectivity index (χ1) is 8.34. The summed E-state index contributed by atoms with van der Waals surface area (Å²) < 4.78 is 0.839. The van der Waals surface area contributed by atoms with Crippen molar-refractivity contribution in [1.29, 1.82) is 0 Å². The van der Waals surface area contributed by atoms with Crippen LogP contribution in [0, 0.1) is 0 Å². The molecule has 0 N–H and O–H groups in total.